The molecule has 1 aromatic rings. The van der Waals surface area contributed by atoms with E-state index in [0.29, 0.717) is 5.69 Å². The van der Waals surface area contributed by atoms with Gasteiger partial charge in [0.25, 0.3) is 5.91 Å². The number of anilines is 1. The van der Waals surface area contributed by atoms with Crippen molar-refractivity contribution in [3.63, 3.8) is 0 Å². The maximum Gasteiger partial charge on any atom is 0.256 e. The number of hydrogen-bond acceptors (Lipinski definition) is 5. The maximum atomic E-state index is 12.6. The molecular weight excluding hydrogens is 350 g/mol. The van der Waals surface area contributed by atoms with Gasteiger partial charge in [-0.3, -0.25) is 13.9 Å². The molecule has 0 aromatic heterocycles. The molecule has 6 nitrogen and oxygen atoms in total. The van der Waals surface area contributed by atoms with E-state index in [1.165, 1.54) is 18.4 Å². The molecule has 1 amide bonds. The fourth-order valence-corrected chi connectivity index (χ4v) is 2.62. The molecule has 0 aliphatic rings. The van der Waals surface area contributed by atoms with E-state index in [4.69, 9.17) is 22.1 Å². The Bertz CT molecular complexity index is 608. The molecular formula is C16H26ClN3O3S. The minimum atomic E-state index is -1.20. The average Bonchev–Trinajstić information content (AvgIpc) is 2.51. The number of carbonyl (C=O) groups is 1. The van der Waals surface area contributed by atoms with Crippen LogP contribution in [0.1, 0.15) is 38.1 Å². The van der Waals surface area contributed by atoms with Crippen LogP contribution in [0.25, 0.3) is 0 Å². The lowest BCUT2D eigenvalue weighted by Crippen LogP contribution is -2.46. The molecule has 136 valence electrons. The van der Waals surface area contributed by atoms with Gasteiger partial charge >= 0.3 is 0 Å². The third-order valence-electron chi connectivity index (χ3n) is 3.80. The lowest BCUT2D eigenvalue weighted by Gasteiger charge is -2.27. The smallest absolute Gasteiger partial charge is 0.256 e. The molecule has 0 radical (unpaired) electrons. The van der Waals surface area contributed by atoms with Gasteiger partial charge in [-0.15, -0.1) is 0 Å². The first-order chi connectivity index (χ1) is 11.2. The van der Waals surface area contributed by atoms with Crippen molar-refractivity contribution in [3.05, 3.63) is 22.7 Å². The normalized spacial score (nSPS) is 15.0. The first kappa shape index (κ1) is 20.7. The SMILES string of the molecule is CCN(CC)C(C)NC(=O)c1cc(Cl)c(N)cc1OC(C)S(C)=O. The minimum Gasteiger partial charge on any atom is -0.477 e. The van der Waals surface area contributed by atoms with E-state index >= 15 is 0 Å². The zero-order chi connectivity index (χ0) is 18.4. The second-order valence-electron chi connectivity index (χ2n) is 5.42. The molecule has 0 aliphatic heterocycles. The van der Waals surface area contributed by atoms with Crippen molar-refractivity contribution in [2.45, 2.75) is 39.3 Å². The molecule has 1 aromatic carbocycles. The van der Waals surface area contributed by atoms with Crippen LogP contribution in [0.4, 0.5) is 5.69 Å². The Labute approximate surface area is 151 Å². The molecule has 3 atom stereocenters. The lowest BCUT2D eigenvalue weighted by molar-refractivity contribution is 0.0870. The van der Waals surface area contributed by atoms with Crippen LogP contribution in [0, 0.1) is 0 Å². The number of hydrogen-bond donors (Lipinski definition) is 2. The van der Waals surface area contributed by atoms with Crippen LogP contribution < -0.4 is 15.8 Å². The molecule has 0 heterocycles. The predicted molar refractivity (Wildman–Crippen MR) is 99.9 cm³/mol. The molecule has 3 unspecified atom stereocenters. The summed E-state index contributed by atoms with van der Waals surface area (Å²) in [5.41, 5.74) is 5.80. The van der Waals surface area contributed by atoms with Crippen LogP contribution in [0.3, 0.4) is 0 Å². The van der Waals surface area contributed by atoms with Gasteiger partial charge in [-0.2, -0.15) is 0 Å². The standard InChI is InChI=1S/C16H26ClN3O3S/c1-6-20(7-2)10(3)19-16(21)12-8-13(17)14(18)9-15(12)23-11(4)24(5)22/h8-11H,6-7,18H2,1-5H3,(H,19,21). The average molecular weight is 376 g/mol. The van der Waals surface area contributed by atoms with Crippen LogP contribution in [0.15, 0.2) is 12.1 Å². The van der Waals surface area contributed by atoms with Crippen molar-refractivity contribution >= 4 is 34.0 Å². The molecule has 0 spiro atoms. The number of benzene rings is 1. The first-order valence-corrected chi connectivity index (χ1v) is 9.83. The van der Waals surface area contributed by atoms with Gasteiger partial charge in [-0.05, 0) is 33.0 Å². The summed E-state index contributed by atoms with van der Waals surface area (Å²) in [6.45, 7) is 9.26. The first-order valence-electron chi connectivity index (χ1n) is 7.84. The van der Waals surface area contributed by atoms with E-state index in [-0.39, 0.29) is 28.4 Å². The van der Waals surface area contributed by atoms with Gasteiger partial charge in [0.15, 0.2) is 5.44 Å². The highest BCUT2D eigenvalue weighted by molar-refractivity contribution is 7.84. The summed E-state index contributed by atoms with van der Waals surface area (Å²) in [4.78, 5) is 14.7. The largest absolute Gasteiger partial charge is 0.477 e. The number of halogens is 1. The highest BCUT2D eigenvalue weighted by atomic mass is 35.5. The van der Waals surface area contributed by atoms with Gasteiger partial charge < -0.3 is 15.8 Å². The Morgan fingerprint density at radius 1 is 1.38 bits per heavy atom. The number of nitrogens with one attached hydrogen (secondary N) is 1. The molecule has 24 heavy (non-hydrogen) atoms. The van der Waals surface area contributed by atoms with Crippen molar-refractivity contribution in [2.24, 2.45) is 0 Å². The molecule has 0 saturated carbocycles. The van der Waals surface area contributed by atoms with Crippen LogP contribution in [-0.4, -0.2) is 46.0 Å². The van der Waals surface area contributed by atoms with Crippen molar-refractivity contribution in [1.82, 2.24) is 10.2 Å². The van der Waals surface area contributed by atoms with Gasteiger partial charge in [-0.25, -0.2) is 0 Å². The number of nitrogens with zero attached hydrogens (tertiary/aromatic N) is 1. The van der Waals surface area contributed by atoms with Gasteiger partial charge in [0, 0.05) is 12.3 Å². The summed E-state index contributed by atoms with van der Waals surface area (Å²) in [7, 11) is -1.20. The molecule has 3 N–H and O–H groups in total. The molecule has 1 rings (SSSR count). The van der Waals surface area contributed by atoms with E-state index in [2.05, 4.69) is 10.2 Å². The Kier molecular flexibility index (Phi) is 7.99. The quantitative estimate of drug-likeness (QED) is 0.538. The van der Waals surface area contributed by atoms with Crippen molar-refractivity contribution in [2.75, 3.05) is 25.1 Å². The second-order valence-corrected chi connectivity index (χ2v) is 7.49. The molecule has 0 fully saturated rings. The Morgan fingerprint density at radius 3 is 2.46 bits per heavy atom. The van der Waals surface area contributed by atoms with Crippen LogP contribution in [0.5, 0.6) is 5.75 Å². The van der Waals surface area contributed by atoms with Gasteiger partial charge in [-0.1, -0.05) is 25.4 Å². The lowest BCUT2D eigenvalue weighted by atomic mass is 10.1. The van der Waals surface area contributed by atoms with Crippen LogP contribution in [-0.2, 0) is 10.8 Å². The topological polar surface area (TPSA) is 84.7 Å². The third-order valence-corrected chi connectivity index (χ3v) is 5.16. The molecule has 0 saturated heterocycles. The zero-order valence-electron chi connectivity index (χ0n) is 14.8. The summed E-state index contributed by atoms with van der Waals surface area (Å²) in [5.74, 6) is -0.0516. The number of nitrogens with two attached hydrogens (primary N) is 1. The molecule has 0 bridgehead atoms. The van der Waals surface area contributed by atoms with Crippen LogP contribution in [0.2, 0.25) is 5.02 Å². The molecule has 8 heteroatoms. The Morgan fingerprint density at radius 2 is 1.96 bits per heavy atom. The van der Waals surface area contributed by atoms with Crippen LogP contribution >= 0.6 is 11.6 Å². The fraction of sp³-hybridized carbons (Fsp3) is 0.562. The zero-order valence-corrected chi connectivity index (χ0v) is 16.3. The highest BCUT2D eigenvalue weighted by Crippen LogP contribution is 2.30. The number of nitrogen functional groups attached to an aromatic ring is 1. The maximum absolute atomic E-state index is 12.6. The third kappa shape index (κ3) is 5.36. The van der Waals surface area contributed by atoms with E-state index < -0.39 is 16.2 Å². The Hall–Kier alpha value is -1.31. The number of ether oxygens (including phenoxy) is 1. The Balaban J connectivity index is 3.09. The van der Waals surface area contributed by atoms with Gasteiger partial charge in [0.05, 0.1) is 33.2 Å². The van der Waals surface area contributed by atoms with E-state index in [1.54, 1.807) is 6.92 Å². The molecule has 0 aliphatic carbocycles. The predicted octanol–water partition coefficient (Wildman–Crippen LogP) is 2.44. The summed E-state index contributed by atoms with van der Waals surface area (Å²) in [6.07, 6.45) is 1.39. The van der Waals surface area contributed by atoms with Crippen molar-refractivity contribution in [1.29, 1.82) is 0 Å². The van der Waals surface area contributed by atoms with Crippen molar-refractivity contribution < 1.29 is 13.7 Å². The second kappa shape index (κ2) is 9.25. The number of carbonyl (C=O) groups excluding carboxylic acids is 1. The fourth-order valence-electron chi connectivity index (χ4n) is 2.22. The summed E-state index contributed by atoms with van der Waals surface area (Å²) in [6, 6.07) is 2.96. The van der Waals surface area contributed by atoms with E-state index in [0.717, 1.165) is 13.1 Å². The van der Waals surface area contributed by atoms with Gasteiger partial charge in [0.2, 0.25) is 0 Å². The summed E-state index contributed by atoms with van der Waals surface area (Å²) in [5, 5.41) is 3.19. The van der Waals surface area contributed by atoms with E-state index in [1.807, 2.05) is 20.8 Å². The number of rotatable bonds is 8. The van der Waals surface area contributed by atoms with Gasteiger partial charge in [0.1, 0.15) is 5.75 Å². The number of amides is 1. The minimum absolute atomic E-state index is 0.144. The van der Waals surface area contributed by atoms with E-state index in [9.17, 15) is 9.00 Å². The van der Waals surface area contributed by atoms with Crippen molar-refractivity contribution in [3.8, 4) is 5.75 Å². The highest BCUT2D eigenvalue weighted by Gasteiger charge is 2.21. The summed E-state index contributed by atoms with van der Waals surface area (Å²) >= 11 is 6.05. The monoisotopic (exact) mass is 375 g/mol. The summed E-state index contributed by atoms with van der Waals surface area (Å²) < 4.78 is 17.2.